The molecule has 1 aromatic rings. The summed E-state index contributed by atoms with van der Waals surface area (Å²) in [4.78, 5) is 16.1. The van der Waals surface area contributed by atoms with Crippen molar-refractivity contribution in [2.45, 2.75) is 43.9 Å². The zero-order valence-electron chi connectivity index (χ0n) is 14.8. The minimum atomic E-state index is -0.298. The van der Waals surface area contributed by atoms with Gasteiger partial charge in [-0.25, -0.2) is 4.39 Å². The molecular formula is C18H26FIN4O2. The van der Waals surface area contributed by atoms with E-state index in [4.69, 9.17) is 4.74 Å². The summed E-state index contributed by atoms with van der Waals surface area (Å²) >= 11 is 0. The molecule has 0 saturated carbocycles. The molecule has 0 radical (unpaired) electrons. The molecule has 6 nitrogen and oxygen atoms in total. The maximum Gasteiger partial charge on any atom is 0.224 e. The average molecular weight is 476 g/mol. The first-order chi connectivity index (χ1) is 12.1. The Morgan fingerprint density at radius 2 is 1.96 bits per heavy atom. The molecule has 3 unspecified atom stereocenters. The fourth-order valence-corrected chi connectivity index (χ4v) is 3.39. The first-order valence-electron chi connectivity index (χ1n) is 8.78. The Hall–Kier alpha value is -1.42. The number of ether oxygens (including phenoxy) is 1. The van der Waals surface area contributed by atoms with Gasteiger partial charge in [0.2, 0.25) is 5.91 Å². The molecule has 3 atom stereocenters. The van der Waals surface area contributed by atoms with Crippen molar-refractivity contribution in [3.8, 4) is 0 Å². The van der Waals surface area contributed by atoms with Crippen LogP contribution in [-0.4, -0.2) is 50.3 Å². The molecule has 0 spiro atoms. The maximum atomic E-state index is 12.8. The van der Waals surface area contributed by atoms with E-state index in [-0.39, 0.29) is 42.1 Å². The molecule has 3 rings (SSSR count). The van der Waals surface area contributed by atoms with Crippen LogP contribution in [0.4, 0.5) is 4.39 Å². The van der Waals surface area contributed by atoms with Crippen molar-refractivity contribution in [1.29, 1.82) is 0 Å². The van der Waals surface area contributed by atoms with Crippen LogP contribution in [-0.2, 0) is 16.0 Å². The highest BCUT2D eigenvalue weighted by Gasteiger charge is 2.41. The number of hydrogen-bond acceptors (Lipinski definition) is 3. The van der Waals surface area contributed by atoms with Crippen LogP contribution < -0.4 is 16.0 Å². The molecule has 8 heteroatoms. The summed E-state index contributed by atoms with van der Waals surface area (Å²) in [6.45, 7) is 1.07. The standard InChI is InChI=1S/C18H25FN4O2.HI/c1-20-18(23-15-11-14-6-7-16(15)25-14)22-9-8-21-17(24)10-12-2-4-13(19)5-3-12;/h2-5,14-16H,6-11H2,1H3,(H,21,24)(H2,20,22,23);1H. The van der Waals surface area contributed by atoms with E-state index in [0.717, 1.165) is 30.8 Å². The molecule has 26 heavy (non-hydrogen) atoms. The van der Waals surface area contributed by atoms with E-state index < -0.39 is 0 Å². The van der Waals surface area contributed by atoms with E-state index >= 15 is 0 Å². The molecule has 2 saturated heterocycles. The van der Waals surface area contributed by atoms with Crippen LogP contribution >= 0.6 is 24.0 Å². The SMILES string of the molecule is CN=C(NCCNC(=O)Cc1ccc(F)cc1)NC1CC2CCC1O2.I. The third-order valence-corrected chi connectivity index (χ3v) is 4.67. The number of amides is 1. The lowest BCUT2D eigenvalue weighted by molar-refractivity contribution is -0.120. The van der Waals surface area contributed by atoms with E-state index in [0.29, 0.717) is 31.3 Å². The molecule has 2 aliphatic rings. The first kappa shape index (κ1) is 20.9. The van der Waals surface area contributed by atoms with Crippen LogP contribution in [0.25, 0.3) is 0 Å². The van der Waals surface area contributed by atoms with Gasteiger partial charge < -0.3 is 20.7 Å². The van der Waals surface area contributed by atoms with Crippen LogP contribution in [0, 0.1) is 5.82 Å². The van der Waals surface area contributed by atoms with Gasteiger partial charge in [-0.1, -0.05) is 12.1 Å². The van der Waals surface area contributed by atoms with Gasteiger partial charge in [0, 0.05) is 20.1 Å². The third-order valence-electron chi connectivity index (χ3n) is 4.67. The van der Waals surface area contributed by atoms with E-state index in [1.807, 2.05) is 0 Å². The molecular weight excluding hydrogens is 450 g/mol. The van der Waals surface area contributed by atoms with Gasteiger partial charge in [-0.3, -0.25) is 9.79 Å². The molecule has 2 fully saturated rings. The minimum Gasteiger partial charge on any atom is -0.373 e. The average Bonchev–Trinajstić information content (AvgIpc) is 3.22. The fraction of sp³-hybridized carbons (Fsp3) is 0.556. The van der Waals surface area contributed by atoms with Crippen LogP contribution in [0.15, 0.2) is 29.3 Å². The number of fused-ring (bicyclic) bond motifs is 2. The summed E-state index contributed by atoms with van der Waals surface area (Å²) in [5.41, 5.74) is 0.792. The van der Waals surface area contributed by atoms with Gasteiger partial charge in [0.25, 0.3) is 0 Å². The highest BCUT2D eigenvalue weighted by molar-refractivity contribution is 14.0. The van der Waals surface area contributed by atoms with Gasteiger partial charge in [0.1, 0.15) is 5.82 Å². The second kappa shape index (κ2) is 10.1. The van der Waals surface area contributed by atoms with Crippen molar-refractivity contribution in [1.82, 2.24) is 16.0 Å². The van der Waals surface area contributed by atoms with Gasteiger partial charge in [-0.05, 0) is 37.0 Å². The molecule has 2 aliphatic heterocycles. The van der Waals surface area contributed by atoms with Crippen LogP contribution in [0.5, 0.6) is 0 Å². The van der Waals surface area contributed by atoms with Crippen LogP contribution in [0.2, 0.25) is 0 Å². The molecule has 1 amide bonds. The first-order valence-corrected chi connectivity index (χ1v) is 8.78. The van der Waals surface area contributed by atoms with Gasteiger partial charge >= 0.3 is 0 Å². The quantitative estimate of drug-likeness (QED) is 0.253. The number of aliphatic imine (C=N–C) groups is 1. The van der Waals surface area contributed by atoms with Crippen molar-refractivity contribution in [3.63, 3.8) is 0 Å². The number of carbonyl (C=O) groups is 1. The zero-order chi connectivity index (χ0) is 17.6. The Morgan fingerprint density at radius 1 is 1.23 bits per heavy atom. The number of hydrogen-bond donors (Lipinski definition) is 3. The highest BCUT2D eigenvalue weighted by atomic mass is 127. The summed E-state index contributed by atoms with van der Waals surface area (Å²) in [5.74, 6) is 0.347. The summed E-state index contributed by atoms with van der Waals surface area (Å²) in [6.07, 6.45) is 4.23. The molecule has 0 aliphatic carbocycles. The number of halogens is 2. The van der Waals surface area contributed by atoms with E-state index in [1.165, 1.54) is 12.1 Å². The van der Waals surface area contributed by atoms with Crippen molar-refractivity contribution in [2.24, 2.45) is 4.99 Å². The predicted octanol–water partition coefficient (Wildman–Crippen LogP) is 1.59. The number of guanidine groups is 1. The maximum absolute atomic E-state index is 12.8. The number of benzene rings is 1. The zero-order valence-corrected chi connectivity index (χ0v) is 17.2. The Labute approximate surface area is 170 Å². The summed E-state index contributed by atoms with van der Waals surface area (Å²) in [6, 6.07) is 6.28. The molecule has 2 bridgehead atoms. The fourth-order valence-electron chi connectivity index (χ4n) is 3.39. The molecule has 144 valence electrons. The van der Waals surface area contributed by atoms with E-state index in [9.17, 15) is 9.18 Å². The molecule has 2 heterocycles. The lowest BCUT2D eigenvalue weighted by Gasteiger charge is -2.22. The number of carbonyl (C=O) groups excluding carboxylic acids is 1. The van der Waals surface area contributed by atoms with Crippen molar-refractivity contribution < 1.29 is 13.9 Å². The van der Waals surface area contributed by atoms with Crippen molar-refractivity contribution in [2.75, 3.05) is 20.1 Å². The normalized spacial score (nSPS) is 24.1. The summed E-state index contributed by atoms with van der Waals surface area (Å²) in [7, 11) is 1.73. The summed E-state index contributed by atoms with van der Waals surface area (Å²) in [5, 5.41) is 9.44. The number of nitrogens with zero attached hydrogens (tertiary/aromatic N) is 1. The summed E-state index contributed by atoms with van der Waals surface area (Å²) < 4.78 is 18.7. The Morgan fingerprint density at radius 3 is 2.58 bits per heavy atom. The third kappa shape index (κ3) is 5.80. The Bertz CT molecular complexity index is 626. The lowest BCUT2D eigenvalue weighted by Crippen LogP contribution is -2.48. The monoisotopic (exact) mass is 476 g/mol. The lowest BCUT2D eigenvalue weighted by atomic mass is 9.96. The van der Waals surface area contributed by atoms with Gasteiger partial charge in [-0.15, -0.1) is 24.0 Å². The largest absolute Gasteiger partial charge is 0.373 e. The van der Waals surface area contributed by atoms with Crippen molar-refractivity contribution >= 4 is 35.8 Å². The van der Waals surface area contributed by atoms with Crippen molar-refractivity contribution in [3.05, 3.63) is 35.6 Å². The van der Waals surface area contributed by atoms with E-state index in [2.05, 4.69) is 20.9 Å². The Balaban J connectivity index is 0.00000243. The molecule has 3 N–H and O–H groups in total. The van der Waals surface area contributed by atoms with Gasteiger partial charge in [0.15, 0.2) is 5.96 Å². The molecule has 1 aromatic carbocycles. The minimum absolute atomic E-state index is 0. The number of rotatable bonds is 6. The van der Waals surface area contributed by atoms with Gasteiger partial charge in [-0.2, -0.15) is 0 Å². The van der Waals surface area contributed by atoms with Crippen LogP contribution in [0.1, 0.15) is 24.8 Å². The second-order valence-electron chi connectivity index (χ2n) is 6.51. The Kier molecular flexibility index (Phi) is 8.08. The van der Waals surface area contributed by atoms with E-state index in [1.54, 1.807) is 19.2 Å². The topological polar surface area (TPSA) is 74.8 Å². The second-order valence-corrected chi connectivity index (χ2v) is 6.51. The van der Waals surface area contributed by atoms with Crippen LogP contribution in [0.3, 0.4) is 0 Å². The van der Waals surface area contributed by atoms with Gasteiger partial charge in [0.05, 0.1) is 24.7 Å². The predicted molar refractivity (Wildman–Crippen MR) is 109 cm³/mol. The highest BCUT2D eigenvalue weighted by Crippen LogP contribution is 2.34. The number of nitrogens with one attached hydrogen (secondary N) is 3. The molecule has 0 aromatic heterocycles. The smallest absolute Gasteiger partial charge is 0.224 e.